The molecule has 0 aliphatic heterocycles. The SMILES string of the molecule is Cc1cccc(CN(C)C(=O)NCC(=O)NCC(=O)O)n1. The Hall–Kier alpha value is -2.64. The Morgan fingerprint density at radius 2 is 1.95 bits per heavy atom. The zero-order valence-corrected chi connectivity index (χ0v) is 11.9. The molecule has 8 heteroatoms. The molecule has 1 rings (SSSR count). The smallest absolute Gasteiger partial charge is 0.322 e. The van der Waals surface area contributed by atoms with E-state index in [2.05, 4.69) is 15.6 Å². The average Bonchev–Trinajstić information content (AvgIpc) is 2.42. The molecule has 0 saturated carbocycles. The maximum atomic E-state index is 11.8. The van der Waals surface area contributed by atoms with Gasteiger partial charge >= 0.3 is 12.0 Å². The number of pyridine rings is 1. The zero-order valence-electron chi connectivity index (χ0n) is 11.9. The lowest BCUT2D eigenvalue weighted by atomic mass is 10.3. The number of amides is 3. The standard InChI is InChI=1S/C13H18N4O4/c1-9-4-3-5-10(16-9)8-17(2)13(21)15-6-11(18)14-7-12(19)20/h3-5H,6-8H2,1-2H3,(H,14,18)(H,15,21)(H,19,20). The highest BCUT2D eigenvalue weighted by atomic mass is 16.4. The molecule has 0 saturated heterocycles. The van der Waals surface area contributed by atoms with E-state index in [-0.39, 0.29) is 6.54 Å². The van der Waals surface area contributed by atoms with E-state index in [1.807, 2.05) is 19.1 Å². The summed E-state index contributed by atoms with van der Waals surface area (Å²) in [6, 6.07) is 5.07. The van der Waals surface area contributed by atoms with Gasteiger partial charge in [0.2, 0.25) is 5.91 Å². The molecule has 3 amide bonds. The van der Waals surface area contributed by atoms with Gasteiger partial charge in [-0.3, -0.25) is 14.6 Å². The minimum absolute atomic E-state index is 0.280. The summed E-state index contributed by atoms with van der Waals surface area (Å²) in [4.78, 5) is 38.9. The van der Waals surface area contributed by atoms with Crippen molar-refractivity contribution in [3.8, 4) is 0 Å². The van der Waals surface area contributed by atoms with Crippen LogP contribution >= 0.6 is 0 Å². The molecule has 0 aliphatic carbocycles. The van der Waals surface area contributed by atoms with Gasteiger partial charge in [0.05, 0.1) is 18.8 Å². The van der Waals surface area contributed by atoms with Gasteiger partial charge in [-0.15, -0.1) is 0 Å². The number of rotatable bonds is 6. The number of carbonyl (C=O) groups is 3. The van der Waals surface area contributed by atoms with E-state index in [1.165, 1.54) is 4.90 Å². The van der Waals surface area contributed by atoms with Crippen LogP contribution in [0.4, 0.5) is 4.79 Å². The maximum absolute atomic E-state index is 11.8. The Kier molecular flexibility index (Phi) is 6.12. The number of aromatic nitrogens is 1. The average molecular weight is 294 g/mol. The summed E-state index contributed by atoms with van der Waals surface area (Å²) in [6.45, 7) is 1.41. The van der Waals surface area contributed by atoms with Crippen molar-refractivity contribution in [1.82, 2.24) is 20.5 Å². The molecule has 0 aromatic carbocycles. The third-order valence-corrected chi connectivity index (χ3v) is 2.53. The molecule has 0 radical (unpaired) electrons. The van der Waals surface area contributed by atoms with Crippen molar-refractivity contribution >= 4 is 17.9 Å². The van der Waals surface area contributed by atoms with Gasteiger partial charge in [-0.25, -0.2) is 4.79 Å². The second kappa shape index (κ2) is 7.83. The first-order chi connectivity index (χ1) is 9.88. The van der Waals surface area contributed by atoms with Gasteiger partial charge in [-0.1, -0.05) is 6.07 Å². The molecule has 1 heterocycles. The van der Waals surface area contributed by atoms with Crippen LogP contribution in [-0.2, 0) is 16.1 Å². The first-order valence-corrected chi connectivity index (χ1v) is 6.28. The Balaban J connectivity index is 2.37. The Morgan fingerprint density at radius 1 is 1.24 bits per heavy atom. The number of carboxylic acids is 1. The molecule has 21 heavy (non-hydrogen) atoms. The van der Waals surface area contributed by atoms with Crippen LogP contribution in [0.25, 0.3) is 0 Å². The molecule has 8 nitrogen and oxygen atoms in total. The van der Waals surface area contributed by atoms with Crippen LogP contribution < -0.4 is 10.6 Å². The highest BCUT2D eigenvalue weighted by Crippen LogP contribution is 2.01. The van der Waals surface area contributed by atoms with Gasteiger partial charge in [0.1, 0.15) is 6.54 Å². The molecule has 1 aromatic heterocycles. The number of hydrogen-bond acceptors (Lipinski definition) is 4. The van der Waals surface area contributed by atoms with Crippen molar-refractivity contribution in [3.05, 3.63) is 29.6 Å². The highest BCUT2D eigenvalue weighted by Gasteiger charge is 2.11. The number of aryl methyl sites for hydroxylation is 1. The van der Waals surface area contributed by atoms with E-state index < -0.39 is 24.5 Å². The third-order valence-electron chi connectivity index (χ3n) is 2.53. The highest BCUT2D eigenvalue weighted by molar-refractivity contribution is 5.86. The van der Waals surface area contributed by atoms with Gasteiger partial charge in [0.25, 0.3) is 0 Å². The summed E-state index contributed by atoms with van der Waals surface area (Å²) < 4.78 is 0. The van der Waals surface area contributed by atoms with Crippen LogP contribution in [0.5, 0.6) is 0 Å². The largest absolute Gasteiger partial charge is 0.480 e. The molecule has 0 bridgehead atoms. The fourth-order valence-corrected chi connectivity index (χ4v) is 1.53. The van der Waals surface area contributed by atoms with Crippen LogP contribution in [0.1, 0.15) is 11.4 Å². The quantitative estimate of drug-likeness (QED) is 0.669. The van der Waals surface area contributed by atoms with Crippen LogP contribution in [0.2, 0.25) is 0 Å². The second-order valence-corrected chi connectivity index (χ2v) is 4.46. The molecule has 0 aliphatic rings. The summed E-state index contributed by atoms with van der Waals surface area (Å²) in [5.74, 6) is -1.70. The van der Waals surface area contributed by atoms with Crippen molar-refractivity contribution in [3.63, 3.8) is 0 Å². The van der Waals surface area contributed by atoms with E-state index in [4.69, 9.17) is 5.11 Å². The number of carbonyl (C=O) groups excluding carboxylic acids is 2. The summed E-state index contributed by atoms with van der Waals surface area (Å²) in [5, 5.41) is 12.9. The Morgan fingerprint density at radius 3 is 2.57 bits per heavy atom. The molecule has 114 valence electrons. The molecule has 1 aromatic rings. The number of aliphatic carboxylic acids is 1. The monoisotopic (exact) mass is 294 g/mol. The van der Waals surface area contributed by atoms with Crippen molar-refractivity contribution in [1.29, 1.82) is 0 Å². The lowest BCUT2D eigenvalue weighted by molar-refractivity contribution is -0.137. The topological polar surface area (TPSA) is 112 Å². The van der Waals surface area contributed by atoms with Gasteiger partial charge in [-0.2, -0.15) is 0 Å². The summed E-state index contributed by atoms with van der Waals surface area (Å²) >= 11 is 0. The number of hydrogen-bond donors (Lipinski definition) is 3. The fraction of sp³-hybridized carbons (Fsp3) is 0.385. The van der Waals surface area contributed by atoms with Crippen molar-refractivity contribution in [2.75, 3.05) is 20.1 Å². The summed E-state index contributed by atoms with van der Waals surface area (Å²) in [7, 11) is 1.58. The van der Waals surface area contributed by atoms with E-state index >= 15 is 0 Å². The molecule has 0 spiro atoms. The third kappa shape index (κ3) is 6.37. The van der Waals surface area contributed by atoms with E-state index in [0.717, 1.165) is 11.4 Å². The molecule has 3 N–H and O–H groups in total. The lowest BCUT2D eigenvalue weighted by Gasteiger charge is -2.17. The minimum atomic E-state index is -1.14. The predicted octanol–water partition coefficient (Wildman–Crippen LogP) is -0.268. The number of nitrogens with one attached hydrogen (secondary N) is 2. The lowest BCUT2D eigenvalue weighted by Crippen LogP contribution is -2.43. The van der Waals surface area contributed by atoms with E-state index in [0.29, 0.717) is 6.54 Å². The first-order valence-electron chi connectivity index (χ1n) is 6.28. The Bertz CT molecular complexity index is 533. The van der Waals surface area contributed by atoms with Crippen molar-refractivity contribution < 1.29 is 19.5 Å². The fourth-order valence-electron chi connectivity index (χ4n) is 1.53. The van der Waals surface area contributed by atoms with Gasteiger partial charge in [-0.05, 0) is 19.1 Å². The van der Waals surface area contributed by atoms with Crippen LogP contribution in [0.15, 0.2) is 18.2 Å². The molecule has 0 fully saturated rings. The first kappa shape index (κ1) is 16.4. The molecule has 0 unspecified atom stereocenters. The van der Waals surface area contributed by atoms with Crippen LogP contribution in [-0.4, -0.2) is 53.0 Å². The minimum Gasteiger partial charge on any atom is -0.480 e. The molecular formula is C13H18N4O4. The van der Waals surface area contributed by atoms with Crippen molar-refractivity contribution in [2.45, 2.75) is 13.5 Å². The molecular weight excluding hydrogens is 276 g/mol. The number of nitrogens with zero attached hydrogens (tertiary/aromatic N) is 2. The van der Waals surface area contributed by atoms with Gasteiger partial charge in [0.15, 0.2) is 0 Å². The number of carboxylic acid groups (broad SMARTS) is 1. The van der Waals surface area contributed by atoms with E-state index in [1.54, 1.807) is 13.1 Å². The molecule has 0 atom stereocenters. The summed E-state index contributed by atoms with van der Waals surface area (Å²) in [5.41, 5.74) is 1.59. The predicted molar refractivity (Wildman–Crippen MR) is 74.5 cm³/mol. The van der Waals surface area contributed by atoms with Crippen LogP contribution in [0.3, 0.4) is 0 Å². The second-order valence-electron chi connectivity index (χ2n) is 4.46. The zero-order chi connectivity index (χ0) is 15.8. The summed E-state index contributed by atoms with van der Waals surface area (Å²) in [6.07, 6.45) is 0. The van der Waals surface area contributed by atoms with Gasteiger partial charge < -0.3 is 20.6 Å². The van der Waals surface area contributed by atoms with Crippen molar-refractivity contribution in [2.24, 2.45) is 0 Å². The van der Waals surface area contributed by atoms with Crippen LogP contribution in [0, 0.1) is 6.92 Å². The number of urea groups is 1. The Labute approximate surface area is 122 Å². The van der Waals surface area contributed by atoms with Gasteiger partial charge in [0, 0.05) is 12.7 Å². The van der Waals surface area contributed by atoms with E-state index in [9.17, 15) is 14.4 Å². The maximum Gasteiger partial charge on any atom is 0.322 e. The normalized spacial score (nSPS) is 9.81.